The zero-order chi connectivity index (χ0) is 17.6. The van der Waals surface area contributed by atoms with Gasteiger partial charge in [-0.1, -0.05) is 48.5 Å². The summed E-state index contributed by atoms with van der Waals surface area (Å²) in [6, 6.07) is 16.2. The topological polar surface area (TPSA) is 78.5 Å². The van der Waals surface area contributed by atoms with Gasteiger partial charge in [-0.15, -0.1) is 0 Å². The Morgan fingerprint density at radius 2 is 1.52 bits per heavy atom. The average molecular weight is 335 g/mol. The molecule has 2 aromatic rings. The van der Waals surface area contributed by atoms with E-state index in [9.17, 15) is 14.4 Å². The largest absolute Gasteiger partial charge is 0.348 e. The number of carbonyl (C=O) groups is 3. The molecule has 0 bridgehead atoms. The lowest BCUT2D eigenvalue weighted by Gasteiger charge is -2.13. The lowest BCUT2D eigenvalue weighted by atomic mass is 10.1. The number of benzene rings is 2. The summed E-state index contributed by atoms with van der Waals surface area (Å²) >= 11 is 0. The van der Waals surface area contributed by atoms with Crippen LogP contribution in [0.5, 0.6) is 0 Å². The molecule has 25 heavy (non-hydrogen) atoms. The van der Waals surface area contributed by atoms with Crippen molar-refractivity contribution >= 4 is 17.7 Å². The van der Waals surface area contributed by atoms with Gasteiger partial charge in [-0.05, 0) is 17.7 Å². The highest BCUT2D eigenvalue weighted by Crippen LogP contribution is 2.20. The van der Waals surface area contributed by atoms with Gasteiger partial charge in [-0.2, -0.15) is 0 Å². The molecule has 6 nitrogen and oxygen atoms in total. The van der Waals surface area contributed by atoms with Crippen LogP contribution in [-0.4, -0.2) is 29.3 Å². The molecule has 1 aliphatic rings. The third-order valence-corrected chi connectivity index (χ3v) is 3.74. The Kier molecular flexibility index (Phi) is 5.01. The molecular weight excluding hydrogens is 318 g/mol. The Labute approximate surface area is 145 Å². The Bertz CT molecular complexity index is 796. The summed E-state index contributed by atoms with van der Waals surface area (Å²) in [5.74, 6) is -1.02. The monoisotopic (exact) mass is 335 g/mol. The van der Waals surface area contributed by atoms with Gasteiger partial charge in [-0.3, -0.25) is 14.4 Å². The molecule has 0 saturated heterocycles. The highest BCUT2D eigenvalue weighted by molar-refractivity contribution is 6.20. The number of nitrogens with zero attached hydrogens (tertiary/aromatic N) is 1. The van der Waals surface area contributed by atoms with Crippen molar-refractivity contribution in [2.45, 2.75) is 6.54 Å². The quantitative estimate of drug-likeness (QED) is 0.622. The molecule has 2 aromatic carbocycles. The zero-order valence-corrected chi connectivity index (χ0v) is 13.4. The van der Waals surface area contributed by atoms with Crippen molar-refractivity contribution in [1.82, 2.24) is 15.8 Å². The molecule has 0 radical (unpaired) electrons. The van der Waals surface area contributed by atoms with E-state index in [0.717, 1.165) is 10.6 Å². The van der Waals surface area contributed by atoms with Gasteiger partial charge in [0.05, 0.1) is 11.1 Å². The lowest BCUT2D eigenvalue weighted by Crippen LogP contribution is -2.42. The molecule has 0 unspecified atom stereocenters. The third-order valence-electron chi connectivity index (χ3n) is 3.74. The van der Waals surface area contributed by atoms with Crippen molar-refractivity contribution in [2.24, 2.45) is 0 Å². The molecule has 1 aliphatic heterocycles. The average Bonchev–Trinajstić information content (AvgIpc) is 2.89. The summed E-state index contributed by atoms with van der Waals surface area (Å²) in [7, 11) is 0. The van der Waals surface area contributed by atoms with Gasteiger partial charge >= 0.3 is 0 Å². The molecule has 3 amide bonds. The van der Waals surface area contributed by atoms with E-state index in [2.05, 4.69) is 10.7 Å². The number of hydrogen-bond donors (Lipinski definition) is 2. The smallest absolute Gasteiger partial charge is 0.276 e. The van der Waals surface area contributed by atoms with Crippen molar-refractivity contribution in [2.75, 3.05) is 6.54 Å². The summed E-state index contributed by atoms with van der Waals surface area (Å²) in [6.07, 6.45) is 2.93. The van der Waals surface area contributed by atoms with Gasteiger partial charge < -0.3 is 5.32 Å². The van der Waals surface area contributed by atoms with Gasteiger partial charge in [0.25, 0.3) is 11.8 Å². The SMILES string of the molecule is O=C(/C=C/CNN1C(=O)c2ccccc2C1=O)NCc1ccccc1. The van der Waals surface area contributed by atoms with Crippen molar-refractivity contribution in [3.63, 3.8) is 0 Å². The zero-order valence-electron chi connectivity index (χ0n) is 13.4. The molecular formula is C19H17N3O3. The van der Waals surface area contributed by atoms with E-state index < -0.39 is 0 Å². The summed E-state index contributed by atoms with van der Waals surface area (Å²) in [5, 5.41) is 3.73. The Hall–Kier alpha value is -3.25. The van der Waals surface area contributed by atoms with Crippen LogP contribution in [0.15, 0.2) is 66.7 Å². The Balaban J connectivity index is 1.47. The van der Waals surface area contributed by atoms with Crippen molar-refractivity contribution in [1.29, 1.82) is 0 Å². The van der Waals surface area contributed by atoms with Crippen LogP contribution in [0.3, 0.4) is 0 Å². The molecule has 3 rings (SSSR count). The second kappa shape index (κ2) is 7.55. The highest BCUT2D eigenvalue weighted by Gasteiger charge is 2.34. The number of imide groups is 1. The molecule has 2 N–H and O–H groups in total. The first-order chi connectivity index (χ1) is 12.2. The number of carbonyl (C=O) groups excluding carboxylic acids is 3. The third kappa shape index (κ3) is 3.81. The molecule has 0 saturated carbocycles. The Morgan fingerprint density at radius 1 is 0.920 bits per heavy atom. The first kappa shape index (κ1) is 16.6. The second-order valence-electron chi connectivity index (χ2n) is 5.46. The minimum Gasteiger partial charge on any atom is -0.348 e. The van der Waals surface area contributed by atoms with Crippen LogP contribution in [0.4, 0.5) is 0 Å². The Morgan fingerprint density at radius 3 is 2.16 bits per heavy atom. The van der Waals surface area contributed by atoms with E-state index in [4.69, 9.17) is 0 Å². The van der Waals surface area contributed by atoms with Crippen LogP contribution < -0.4 is 10.7 Å². The van der Waals surface area contributed by atoms with Crippen LogP contribution >= 0.6 is 0 Å². The number of nitrogens with one attached hydrogen (secondary N) is 2. The van der Waals surface area contributed by atoms with Crippen LogP contribution in [0.25, 0.3) is 0 Å². The fourth-order valence-corrected chi connectivity index (χ4v) is 2.49. The molecule has 0 aliphatic carbocycles. The van der Waals surface area contributed by atoms with E-state index in [1.54, 1.807) is 30.3 Å². The first-order valence-corrected chi connectivity index (χ1v) is 7.86. The molecule has 126 valence electrons. The molecule has 1 heterocycles. The van der Waals surface area contributed by atoms with E-state index in [1.807, 2.05) is 30.3 Å². The van der Waals surface area contributed by atoms with Crippen LogP contribution in [0.1, 0.15) is 26.3 Å². The lowest BCUT2D eigenvalue weighted by molar-refractivity contribution is -0.116. The van der Waals surface area contributed by atoms with Gasteiger partial charge in [0.15, 0.2) is 0 Å². The van der Waals surface area contributed by atoms with E-state index in [1.165, 1.54) is 6.08 Å². The fourth-order valence-electron chi connectivity index (χ4n) is 2.49. The maximum absolute atomic E-state index is 12.1. The van der Waals surface area contributed by atoms with E-state index >= 15 is 0 Å². The number of hydrogen-bond acceptors (Lipinski definition) is 4. The minimum absolute atomic E-state index is 0.185. The maximum Gasteiger partial charge on any atom is 0.276 e. The van der Waals surface area contributed by atoms with Gasteiger partial charge in [-0.25, -0.2) is 10.4 Å². The van der Waals surface area contributed by atoms with E-state index in [0.29, 0.717) is 17.7 Å². The summed E-state index contributed by atoms with van der Waals surface area (Å²) in [4.78, 5) is 36.0. The summed E-state index contributed by atoms with van der Waals surface area (Å²) in [6.45, 7) is 0.625. The highest BCUT2D eigenvalue weighted by atomic mass is 16.2. The number of amides is 3. The molecule has 6 heteroatoms. The fraction of sp³-hybridized carbons (Fsp3) is 0.105. The van der Waals surface area contributed by atoms with Gasteiger partial charge in [0.2, 0.25) is 5.91 Å². The second-order valence-corrected chi connectivity index (χ2v) is 5.46. The van der Waals surface area contributed by atoms with E-state index in [-0.39, 0.29) is 24.3 Å². The molecule has 0 aromatic heterocycles. The molecule has 0 fully saturated rings. The maximum atomic E-state index is 12.1. The molecule has 0 atom stereocenters. The van der Waals surface area contributed by atoms with Crippen molar-refractivity contribution in [3.8, 4) is 0 Å². The number of hydrazine groups is 1. The number of rotatable bonds is 6. The van der Waals surface area contributed by atoms with Gasteiger partial charge in [0, 0.05) is 19.2 Å². The number of fused-ring (bicyclic) bond motifs is 1. The summed E-state index contributed by atoms with van der Waals surface area (Å²) in [5.41, 5.74) is 4.49. The van der Waals surface area contributed by atoms with Crippen molar-refractivity contribution in [3.05, 3.63) is 83.4 Å². The summed E-state index contributed by atoms with van der Waals surface area (Å²) < 4.78 is 0. The molecule has 0 spiro atoms. The van der Waals surface area contributed by atoms with Crippen LogP contribution in [-0.2, 0) is 11.3 Å². The van der Waals surface area contributed by atoms with Crippen LogP contribution in [0, 0.1) is 0 Å². The predicted molar refractivity (Wildman–Crippen MR) is 92.4 cm³/mol. The minimum atomic E-state index is -0.387. The van der Waals surface area contributed by atoms with Gasteiger partial charge in [0.1, 0.15) is 0 Å². The van der Waals surface area contributed by atoms with Crippen LogP contribution in [0.2, 0.25) is 0 Å². The predicted octanol–water partition coefficient (Wildman–Crippen LogP) is 1.66. The normalized spacial score (nSPS) is 13.4. The standard InChI is InChI=1S/C19H17N3O3/c23-17(20-13-14-7-2-1-3-8-14)11-6-12-21-22-18(24)15-9-4-5-10-16(15)19(22)25/h1-11,21H,12-13H2,(H,20,23)/b11-6+. The first-order valence-electron chi connectivity index (χ1n) is 7.86. The van der Waals surface area contributed by atoms with Crippen molar-refractivity contribution < 1.29 is 14.4 Å².